The van der Waals surface area contributed by atoms with Crippen LogP contribution in [-0.2, 0) is 11.3 Å². The fraction of sp³-hybridized carbons (Fsp3) is 0.538. The lowest BCUT2D eigenvalue weighted by atomic mass is 10.1. The van der Waals surface area contributed by atoms with Crippen LogP contribution in [0.25, 0.3) is 0 Å². The fourth-order valence-electron chi connectivity index (χ4n) is 1.97. The largest absolute Gasteiger partial charge is 0.493 e. The first-order valence-electron chi connectivity index (χ1n) is 6.03. The summed E-state index contributed by atoms with van der Waals surface area (Å²) in [6.45, 7) is 3.99. The fourth-order valence-corrected chi connectivity index (χ4v) is 1.97. The molecule has 5 nitrogen and oxygen atoms in total. The van der Waals surface area contributed by atoms with Gasteiger partial charge in [0, 0.05) is 12.7 Å². The van der Waals surface area contributed by atoms with E-state index in [9.17, 15) is 0 Å². The van der Waals surface area contributed by atoms with Gasteiger partial charge < -0.3 is 24.3 Å². The van der Waals surface area contributed by atoms with Crippen LogP contribution in [0.3, 0.4) is 0 Å². The summed E-state index contributed by atoms with van der Waals surface area (Å²) in [5, 5.41) is 2.22. The Bertz CT molecular complexity index is 408. The summed E-state index contributed by atoms with van der Waals surface area (Å²) in [7, 11) is 3.35. The summed E-state index contributed by atoms with van der Waals surface area (Å²) in [5.74, 6) is 2.19. The Kier molecular flexibility index (Phi) is 4.28. The number of hydrogen-bond acceptors (Lipinski definition) is 4. The minimum Gasteiger partial charge on any atom is -0.493 e. The molecule has 2 rings (SSSR count). The SMILES string of the molecule is COC[C@H](C)[NH2+]Cc1cc(OC)c2c(c1)OCO2. The quantitative estimate of drug-likeness (QED) is 0.804. The Morgan fingerprint density at radius 1 is 1.33 bits per heavy atom. The number of benzene rings is 1. The summed E-state index contributed by atoms with van der Waals surface area (Å²) in [6, 6.07) is 4.41. The Morgan fingerprint density at radius 3 is 2.89 bits per heavy atom. The Morgan fingerprint density at radius 2 is 2.17 bits per heavy atom. The molecule has 18 heavy (non-hydrogen) atoms. The Labute approximate surface area is 107 Å². The molecule has 0 spiro atoms. The average Bonchev–Trinajstić information content (AvgIpc) is 2.83. The first-order chi connectivity index (χ1) is 8.74. The summed E-state index contributed by atoms with van der Waals surface area (Å²) in [4.78, 5) is 0. The third-order valence-electron chi connectivity index (χ3n) is 2.90. The maximum atomic E-state index is 5.40. The normalized spacial score (nSPS) is 14.6. The maximum absolute atomic E-state index is 5.40. The van der Waals surface area contributed by atoms with Crippen molar-refractivity contribution >= 4 is 0 Å². The zero-order chi connectivity index (χ0) is 13.0. The lowest BCUT2D eigenvalue weighted by Gasteiger charge is -2.11. The molecule has 0 radical (unpaired) electrons. The minimum absolute atomic E-state index is 0.263. The first kappa shape index (κ1) is 13.0. The first-order valence-corrected chi connectivity index (χ1v) is 6.03. The lowest BCUT2D eigenvalue weighted by molar-refractivity contribution is -0.702. The second kappa shape index (κ2) is 5.93. The van der Waals surface area contributed by atoms with Crippen molar-refractivity contribution in [2.45, 2.75) is 19.5 Å². The van der Waals surface area contributed by atoms with Gasteiger partial charge in [-0.25, -0.2) is 0 Å². The van der Waals surface area contributed by atoms with Crippen LogP contribution in [-0.4, -0.2) is 33.7 Å². The van der Waals surface area contributed by atoms with Crippen molar-refractivity contribution in [3.8, 4) is 17.2 Å². The smallest absolute Gasteiger partial charge is 0.231 e. The molecule has 1 aromatic rings. The molecule has 1 atom stereocenters. The lowest BCUT2D eigenvalue weighted by Crippen LogP contribution is -2.88. The van der Waals surface area contributed by atoms with E-state index in [0.717, 1.165) is 30.2 Å². The van der Waals surface area contributed by atoms with Gasteiger partial charge in [-0.05, 0) is 19.1 Å². The molecule has 0 amide bonds. The van der Waals surface area contributed by atoms with Gasteiger partial charge >= 0.3 is 0 Å². The number of quaternary nitrogens is 1. The number of nitrogens with two attached hydrogens (primary N) is 1. The zero-order valence-electron chi connectivity index (χ0n) is 11.1. The third-order valence-corrected chi connectivity index (χ3v) is 2.90. The topological polar surface area (TPSA) is 53.5 Å². The summed E-state index contributed by atoms with van der Waals surface area (Å²) in [5.41, 5.74) is 1.15. The molecule has 1 aromatic carbocycles. The summed E-state index contributed by atoms with van der Waals surface area (Å²) < 4.78 is 21.2. The highest BCUT2D eigenvalue weighted by Crippen LogP contribution is 2.41. The van der Waals surface area contributed by atoms with Gasteiger partial charge in [-0.15, -0.1) is 0 Å². The van der Waals surface area contributed by atoms with Crippen molar-refractivity contribution in [2.24, 2.45) is 0 Å². The highest BCUT2D eigenvalue weighted by atomic mass is 16.7. The van der Waals surface area contributed by atoms with Gasteiger partial charge in [0.05, 0.1) is 13.7 Å². The van der Waals surface area contributed by atoms with Crippen LogP contribution >= 0.6 is 0 Å². The molecule has 1 heterocycles. The highest BCUT2D eigenvalue weighted by molar-refractivity contribution is 5.54. The van der Waals surface area contributed by atoms with Crippen molar-refractivity contribution in [1.82, 2.24) is 0 Å². The van der Waals surface area contributed by atoms with Crippen molar-refractivity contribution < 1.29 is 24.3 Å². The minimum atomic E-state index is 0.263. The molecule has 0 bridgehead atoms. The average molecular weight is 254 g/mol. The number of rotatable bonds is 6. The van der Waals surface area contributed by atoms with Gasteiger partial charge in [0.2, 0.25) is 12.5 Å². The van der Waals surface area contributed by atoms with Crippen LogP contribution in [0.4, 0.5) is 0 Å². The zero-order valence-corrected chi connectivity index (χ0v) is 11.1. The summed E-state index contributed by atoms with van der Waals surface area (Å²) in [6.07, 6.45) is 0. The molecular formula is C13H20NO4+. The predicted molar refractivity (Wildman–Crippen MR) is 66.1 cm³/mol. The van der Waals surface area contributed by atoms with E-state index in [1.807, 2.05) is 12.1 Å². The van der Waals surface area contributed by atoms with Crippen LogP contribution in [0.1, 0.15) is 12.5 Å². The van der Waals surface area contributed by atoms with E-state index < -0.39 is 0 Å². The van der Waals surface area contributed by atoms with Crippen LogP contribution in [0.15, 0.2) is 12.1 Å². The second-order valence-corrected chi connectivity index (χ2v) is 4.40. The molecule has 0 fully saturated rings. The number of hydrogen-bond donors (Lipinski definition) is 1. The number of methoxy groups -OCH3 is 2. The number of fused-ring (bicyclic) bond motifs is 1. The molecule has 1 aliphatic heterocycles. The predicted octanol–water partition coefficient (Wildman–Crippen LogP) is 0.522. The van der Waals surface area contributed by atoms with Gasteiger partial charge in [-0.1, -0.05) is 0 Å². The molecule has 5 heteroatoms. The Balaban J connectivity index is 2.05. The van der Waals surface area contributed by atoms with Crippen molar-refractivity contribution in [1.29, 1.82) is 0 Å². The molecule has 0 aromatic heterocycles. The molecular weight excluding hydrogens is 234 g/mol. The number of ether oxygens (including phenoxy) is 4. The molecule has 0 saturated heterocycles. The third kappa shape index (κ3) is 2.86. The monoisotopic (exact) mass is 254 g/mol. The van der Waals surface area contributed by atoms with Gasteiger partial charge in [0.1, 0.15) is 12.6 Å². The van der Waals surface area contributed by atoms with Gasteiger partial charge in [-0.3, -0.25) is 0 Å². The maximum Gasteiger partial charge on any atom is 0.231 e. The molecule has 0 aliphatic carbocycles. The van der Waals surface area contributed by atoms with Crippen molar-refractivity contribution in [3.05, 3.63) is 17.7 Å². The van der Waals surface area contributed by atoms with Crippen LogP contribution in [0.2, 0.25) is 0 Å². The highest BCUT2D eigenvalue weighted by Gasteiger charge is 2.20. The standard InChI is InChI=1S/C13H19NO4/c1-9(7-15-2)14-6-10-4-11(16-3)13-12(5-10)17-8-18-13/h4-5,9,14H,6-8H2,1-3H3/p+1/t9-/m0/s1. The van der Waals surface area contributed by atoms with Gasteiger partial charge in [0.25, 0.3) is 0 Å². The summed E-state index contributed by atoms with van der Waals surface area (Å²) >= 11 is 0. The van der Waals surface area contributed by atoms with E-state index in [-0.39, 0.29) is 6.79 Å². The van der Waals surface area contributed by atoms with E-state index >= 15 is 0 Å². The van der Waals surface area contributed by atoms with E-state index in [4.69, 9.17) is 18.9 Å². The molecule has 2 N–H and O–H groups in total. The van der Waals surface area contributed by atoms with E-state index in [2.05, 4.69) is 12.2 Å². The Hall–Kier alpha value is -1.46. The second-order valence-electron chi connectivity index (χ2n) is 4.40. The van der Waals surface area contributed by atoms with Crippen LogP contribution in [0, 0.1) is 0 Å². The van der Waals surface area contributed by atoms with E-state index in [0.29, 0.717) is 11.8 Å². The molecule has 100 valence electrons. The van der Waals surface area contributed by atoms with Crippen LogP contribution in [0.5, 0.6) is 17.2 Å². The van der Waals surface area contributed by atoms with E-state index in [1.54, 1.807) is 14.2 Å². The van der Waals surface area contributed by atoms with Crippen molar-refractivity contribution in [3.63, 3.8) is 0 Å². The molecule has 0 saturated carbocycles. The van der Waals surface area contributed by atoms with Crippen molar-refractivity contribution in [2.75, 3.05) is 27.6 Å². The van der Waals surface area contributed by atoms with Gasteiger partial charge in [0.15, 0.2) is 11.5 Å². The van der Waals surface area contributed by atoms with Gasteiger partial charge in [-0.2, -0.15) is 0 Å². The van der Waals surface area contributed by atoms with Crippen LogP contribution < -0.4 is 19.5 Å². The van der Waals surface area contributed by atoms with E-state index in [1.165, 1.54) is 0 Å². The molecule has 0 unspecified atom stereocenters. The molecule has 1 aliphatic rings.